The SMILES string of the molecule is Cc1noc(C)c1COc1cccc(C(=O)NC2CCCc3ccccc32)c1. The number of aromatic nitrogens is 1. The molecule has 0 saturated carbocycles. The summed E-state index contributed by atoms with van der Waals surface area (Å²) in [6.07, 6.45) is 3.13. The highest BCUT2D eigenvalue weighted by atomic mass is 16.5. The van der Waals surface area contributed by atoms with Crippen molar-refractivity contribution in [2.45, 2.75) is 45.8 Å². The molecule has 1 N–H and O–H groups in total. The van der Waals surface area contributed by atoms with Gasteiger partial charge in [0.1, 0.15) is 18.1 Å². The van der Waals surface area contributed by atoms with Crippen LogP contribution in [0.5, 0.6) is 5.75 Å². The lowest BCUT2D eigenvalue weighted by Gasteiger charge is -2.26. The molecule has 1 atom stereocenters. The number of aryl methyl sites for hydroxylation is 3. The van der Waals surface area contributed by atoms with E-state index in [-0.39, 0.29) is 11.9 Å². The van der Waals surface area contributed by atoms with Gasteiger partial charge in [-0.15, -0.1) is 0 Å². The summed E-state index contributed by atoms with van der Waals surface area (Å²) in [5.74, 6) is 1.32. The predicted molar refractivity (Wildman–Crippen MR) is 106 cm³/mol. The van der Waals surface area contributed by atoms with E-state index in [4.69, 9.17) is 9.26 Å². The first-order valence-electron chi connectivity index (χ1n) is 9.65. The van der Waals surface area contributed by atoms with Gasteiger partial charge in [0.05, 0.1) is 17.3 Å². The van der Waals surface area contributed by atoms with Crippen LogP contribution in [0.4, 0.5) is 0 Å². The fourth-order valence-electron chi connectivity index (χ4n) is 3.74. The molecule has 28 heavy (non-hydrogen) atoms. The van der Waals surface area contributed by atoms with Crippen LogP contribution < -0.4 is 10.1 Å². The van der Waals surface area contributed by atoms with Crippen molar-refractivity contribution in [1.82, 2.24) is 10.5 Å². The highest BCUT2D eigenvalue weighted by molar-refractivity contribution is 5.94. The molecule has 144 valence electrons. The highest BCUT2D eigenvalue weighted by Crippen LogP contribution is 2.30. The van der Waals surface area contributed by atoms with Crippen molar-refractivity contribution in [3.8, 4) is 5.75 Å². The maximum Gasteiger partial charge on any atom is 0.251 e. The molecule has 0 spiro atoms. The summed E-state index contributed by atoms with van der Waals surface area (Å²) in [5, 5.41) is 7.13. The number of nitrogens with one attached hydrogen (secondary N) is 1. The molecule has 1 heterocycles. The first-order chi connectivity index (χ1) is 13.6. The molecule has 1 aromatic heterocycles. The molecular formula is C23H24N2O3. The average molecular weight is 376 g/mol. The zero-order chi connectivity index (χ0) is 19.5. The fraction of sp³-hybridized carbons (Fsp3) is 0.304. The molecule has 1 aliphatic rings. The maximum absolute atomic E-state index is 12.8. The van der Waals surface area contributed by atoms with Crippen LogP contribution in [-0.2, 0) is 13.0 Å². The minimum Gasteiger partial charge on any atom is -0.489 e. The van der Waals surface area contributed by atoms with Crippen molar-refractivity contribution >= 4 is 5.91 Å². The van der Waals surface area contributed by atoms with Gasteiger partial charge in [0.15, 0.2) is 0 Å². The van der Waals surface area contributed by atoms with Gasteiger partial charge in [0, 0.05) is 5.56 Å². The zero-order valence-electron chi connectivity index (χ0n) is 16.2. The lowest BCUT2D eigenvalue weighted by Crippen LogP contribution is -2.30. The zero-order valence-corrected chi connectivity index (χ0v) is 16.2. The Hall–Kier alpha value is -3.08. The van der Waals surface area contributed by atoms with Gasteiger partial charge in [-0.1, -0.05) is 35.5 Å². The molecule has 1 aliphatic carbocycles. The lowest BCUT2D eigenvalue weighted by molar-refractivity contribution is 0.0932. The van der Waals surface area contributed by atoms with Gasteiger partial charge in [-0.25, -0.2) is 0 Å². The van der Waals surface area contributed by atoms with E-state index < -0.39 is 0 Å². The molecular weight excluding hydrogens is 352 g/mol. The summed E-state index contributed by atoms with van der Waals surface area (Å²) >= 11 is 0. The lowest BCUT2D eigenvalue weighted by atomic mass is 9.87. The first kappa shape index (κ1) is 18.3. The van der Waals surface area contributed by atoms with Crippen LogP contribution in [0.15, 0.2) is 53.1 Å². The van der Waals surface area contributed by atoms with Gasteiger partial charge in [-0.3, -0.25) is 4.79 Å². The van der Waals surface area contributed by atoms with Gasteiger partial charge in [-0.2, -0.15) is 0 Å². The van der Waals surface area contributed by atoms with Gasteiger partial charge >= 0.3 is 0 Å². The third-order valence-electron chi connectivity index (χ3n) is 5.34. The minimum atomic E-state index is -0.0792. The molecule has 1 amide bonds. The molecule has 4 rings (SSSR count). The number of hydrogen-bond acceptors (Lipinski definition) is 4. The Morgan fingerprint density at radius 3 is 2.89 bits per heavy atom. The Bertz CT molecular complexity index is 974. The summed E-state index contributed by atoms with van der Waals surface area (Å²) < 4.78 is 11.0. The van der Waals surface area contributed by atoms with Crippen LogP contribution in [0.1, 0.15) is 57.4 Å². The number of fused-ring (bicyclic) bond motifs is 1. The predicted octanol–water partition coefficient (Wildman–Crippen LogP) is 4.68. The van der Waals surface area contributed by atoms with E-state index in [9.17, 15) is 4.79 Å². The smallest absolute Gasteiger partial charge is 0.251 e. The molecule has 5 heteroatoms. The van der Waals surface area contributed by atoms with E-state index in [0.717, 1.165) is 36.3 Å². The van der Waals surface area contributed by atoms with Gasteiger partial charge in [-0.05, 0) is 62.4 Å². The van der Waals surface area contributed by atoms with E-state index in [1.165, 1.54) is 11.1 Å². The van der Waals surface area contributed by atoms with Crippen LogP contribution in [0.3, 0.4) is 0 Å². The van der Waals surface area contributed by atoms with E-state index in [1.807, 2.05) is 38.1 Å². The summed E-state index contributed by atoms with van der Waals surface area (Å²) in [6.45, 7) is 4.12. The minimum absolute atomic E-state index is 0.0596. The van der Waals surface area contributed by atoms with E-state index in [1.54, 1.807) is 6.07 Å². The number of carbonyl (C=O) groups excluding carboxylic acids is 1. The molecule has 0 radical (unpaired) electrons. The average Bonchev–Trinajstić information content (AvgIpc) is 3.04. The number of nitrogens with zero attached hydrogens (tertiary/aromatic N) is 1. The molecule has 5 nitrogen and oxygen atoms in total. The molecule has 0 bridgehead atoms. The molecule has 0 saturated heterocycles. The molecule has 0 aliphatic heterocycles. The topological polar surface area (TPSA) is 64.4 Å². The summed E-state index contributed by atoms with van der Waals surface area (Å²) in [6, 6.07) is 15.7. The van der Waals surface area contributed by atoms with Gasteiger partial charge < -0.3 is 14.6 Å². The second-order valence-corrected chi connectivity index (χ2v) is 7.24. The third kappa shape index (κ3) is 3.79. The number of amides is 1. The summed E-state index contributed by atoms with van der Waals surface area (Å²) in [7, 11) is 0. The first-order valence-corrected chi connectivity index (χ1v) is 9.65. The molecule has 3 aromatic rings. The van der Waals surface area contributed by atoms with Crippen molar-refractivity contribution in [2.75, 3.05) is 0 Å². The van der Waals surface area contributed by atoms with Crippen molar-refractivity contribution in [3.05, 3.63) is 82.2 Å². The summed E-state index contributed by atoms with van der Waals surface area (Å²) in [4.78, 5) is 12.8. The third-order valence-corrected chi connectivity index (χ3v) is 5.34. The Labute approximate surface area is 164 Å². The summed E-state index contributed by atoms with van der Waals surface area (Å²) in [5.41, 5.74) is 4.92. The van der Waals surface area contributed by atoms with E-state index in [2.05, 4.69) is 28.7 Å². The monoisotopic (exact) mass is 376 g/mol. The quantitative estimate of drug-likeness (QED) is 0.702. The number of carbonyl (C=O) groups is 1. The van der Waals surface area contributed by atoms with Gasteiger partial charge in [0.2, 0.25) is 0 Å². The van der Waals surface area contributed by atoms with E-state index >= 15 is 0 Å². The molecule has 0 fully saturated rings. The van der Waals surface area contributed by atoms with Crippen molar-refractivity contribution in [2.24, 2.45) is 0 Å². The van der Waals surface area contributed by atoms with Crippen LogP contribution >= 0.6 is 0 Å². The fourth-order valence-corrected chi connectivity index (χ4v) is 3.74. The largest absolute Gasteiger partial charge is 0.489 e. The second-order valence-electron chi connectivity index (χ2n) is 7.24. The molecule has 1 unspecified atom stereocenters. The van der Waals surface area contributed by atoms with Crippen LogP contribution in [0.25, 0.3) is 0 Å². The number of benzene rings is 2. The highest BCUT2D eigenvalue weighted by Gasteiger charge is 2.22. The van der Waals surface area contributed by atoms with Crippen LogP contribution in [-0.4, -0.2) is 11.1 Å². The Balaban J connectivity index is 1.45. The van der Waals surface area contributed by atoms with Crippen molar-refractivity contribution in [1.29, 1.82) is 0 Å². The normalized spacial score (nSPS) is 15.7. The van der Waals surface area contributed by atoms with E-state index in [0.29, 0.717) is 17.9 Å². The Morgan fingerprint density at radius 1 is 1.21 bits per heavy atom. The Morgan fingerprint density at radius 2 is 2.07 bits per heavy atom. The van der Waals surface area contributed by atoms with Crippen LogP contribution in [0.2, 0.25) is 0 Å². The second kappa shape index (κ2) is 7.89. The number of hydrogen-bond donors (Lipinski definition) is 1. The number of ether oxygens (including phenoxy) is 1. The maximum atomic E-state index is 12.8. The van der Waals surface area contributed by atoms with Crippen LogP contribution in [0, 0.1) is 13.8 Å². The van der Waals surface area contributed by atoms with Crippen molar-refractivity contribution in [3.63, 3.8) is 0 Å². The standard InChI is InChI=1S/C23H24N2O3/c1-15-21(16(2)28-25-15)14-27-19-10-5-9-18(13-19)23(26)24-22-12-6-8-17-7-3-4-11-20(17)22/h3-5,7,9-11,13,22H,6,8,12,14H2,1-2H3,(H,24,26). The Kier molecular flexibility index (Phi) is 5.15. The van der Waals surface area contributed by atoms with Crippen molar-refractivity contribution < 1.29 is 14.1 Å². The van der Waals surface area contributed by atoms with Gasteiger partial charge in [0.25, 0.3) is 5.91 Å². The number of rotatable bonds is 5. The molecule has 2 aromatic carbocycles.